The molecule has 0 amide bonds. The van der Waals surface area contributed by atoms with Crippen LogP contribution in [0.4, 0.5) is 5.82 Å². The van der Waals surface area contributed by atoms with Gasteiger partial charge in [0.1, 0.15) is 5.82 Å². The molecule has 0 aliphatic carbocycles. The molecule has 0 aromatic carbocycles. The van der Waals surface area contributed by atoms with Gasteiger partial charge in [0.2, 0.25) is 0 Å². The van der Waals surface area contributed by atoms with Gasteiger partial charge in [-0.3, -0.25) is 0 Å². The van der Waals surface area contributed by atoms with Gasteiger partial charge in [0.15, 0.2) is 0 Å². The van der Waals surface area contributed by atoms with Gasteiger partial charge in [-0.15, -0.1) is 0 Å². The minimum atomic E-state index is 0.944. The lowest BCUT2D eigenvalue weighted by molar-refractivity contribution is 0.370. The molecule has 0 radical (unpaired) electrons. The molecule has 90 valence electrons. The molecule has 3 nitrogen and oxygen atoms in total. The number of hydrogen-bond donors (Lipinski definition) is 2. The summed E-state index contributed by atoms with van der Waals surface area (Å²) in [6.07, 6.45) is 7.42. The predicted molar refractivity (Wildman–Crippen MR) is 68.9 cm³/mol. The third-order valence-corrected chi connectivity index (χ3v) is 3.58. The maximum absolute atomic E-state index is 3.29. The van der Waals surface area contributed by atoms with Crippen molar-refractivity contribution in [1.29, 1.82) is 0 Å². The average molecular weight is 221 g/mol. The van der Waals surface area contributed by atoms with Gasteiger partial charge in [-0.05, 0) is 57.3 Å². The normalized spacial score (nSPS) is 17.9. The van der Waals surface area contributed by atoms with Crippen molar-refractivity contribution in [2.24, 2.45) is 5.92 Å². The topological polar surface area (TPSA) is 31.1 Å². The van der Waals surface area contributed by atoms with E-state index in [9.17, 15) is 0 Å². The van der Waals surface area contributed by atoms with E-state index in [2.05, 4.69) is 27.3 Å². The number of H-pyrrole nitrogens is 1. The SMILES string of the molecule is CNCCCC1CCN(c2ccc[nH]2)CC1. The third-order valence-electron chi connectivity index (χ3n) is 3.58. The molecule has 16 heavy (non-hydrogen) atoms. The Morgan fingerprint density at radius 2 is 2.25 bits per heavy atom. The molecule has 1 aliphatic heterocycles. The number of nitrogens with one attached hydrogen (secondary N) is 2. The van der Waals surface area contributed by atoms with Crippen molar-refractivity contribution in [2.75, 3.05) is 31.6 Å². The third kappa shape index (κ3) is 3.01. The molecular formula is C13H23N3. The summed E-state index contributed by atoms with van der Waals surface area (Å²) < 4.78 is 0. The van der Waals surface area contributed by atoms with Gasteiger partial charge in [-0.2, -0.15) is 0 Å². The molecule has 1 aromatic heterocycles. The minimum Gasteiger partial charge on any atom is -0.358 e. The lowest BCUT2D eigenvalue weighted by Gasteiger charge is -2.32. The van der Waals surface area contributed by atoms with Crippen molar-refractivity contribution in [2.45, 2.75) is 25.7 Å². The summed E-state index contributed by atoms with van der Waals surface area (Å²) >= 11 is 0. The zero-order valence-corrected chi connectivity index (χ0v) is 10.2. The molecule has 1 saturated heterocycles. The fraction of sp³-hybridized carbons (Fsp3) is 0.692. The molecule has 1 aromatic rings. The molecule has 2 rings (SSSR count). The Morgan fingerprint density at radius 1 is 1.44 bits per heavy atom. The highest BCUT2D eigenvalue weighted by molar-refractivity contribution is 5.38. The Bertz CT molecular complexity index is 273. The van der Waals surface area contributed by atoms with Gasteiger partial charge >= 0.3 is 0 Å². The van der Waals surface area contributed by atoms with E-state index in [0.717, 1.165) is 12.5 Å². The standard InChI is InChI=1S/C13H23N3/c1-14-8-2-4-12-6-10-16(11-7-12)13-5-3-9-15-13/h3,5,9,12,14-15H,2,4,6-8,10-11H2,1H3. The number of rotatable bonds is 5. The van der Waals surface area contributed by atoms with Crippen LogP contribution < -0.4 is 10.2 Å². The van der Waals surface area contributed by atoms with E-state index in [0.29, 0.717) is 0 Å². The van der Waals surface area contributed by atoms with Crippen LogP contribution in [-0.4, -0.2) is 31.7 Å². The van der Waals surface area contributed by atoms with Gasteiger partial charge in [-0.25, -0.2) is 0 Å². The van der Waals surface area contributed by atoms with Crippen LogP contribution in [0.25, 0.3) is 0 Å². The second-order valence-corrected chi connectivity index (χ2v) is 4.73. The minimum absolute atomic E-state index is 0.944. The van der Waals surface area contributed by atoms with E-state index < -0.39 is 0 Å². The van der Waals surface area contributed by atoms with Crippen molar-refractivity contribution in [3.05, 3.63) is 18.3 Å². The number of aromatic amines is 1. The van der Waals surface area contributed by atoms with Crippen LogP contribution in [0.2, 0.25) is 0 Å². The number of aromatic nitrogens is 1. The maximum Gasteiger partial charge on any atom is 0.105 e. The zero-order valence-electron chi connectivity index (χ0n) is 10.2. The molecule has 0 atom stereocenters. The average Bonchev–Trinajstić information content (AvgIpc) is 2.84. The second-order valence-electron chi connectivity index (χ2n) is 4.73. The molecular weight excluding hydrogens is 198 g/mol. The quantitative estimate of drug-likeness (QED) is 0.747. The predicted octanol–water partition coefficient (Wildman–Crippen LogP) is 2.23. The van der Waals surface area contributed by atoms with E-state index in [-0.39, 0.29) is 0 Å². The highest BCUT2D eigenvalue weighted by atomic mass is 15.2. The molecule has 2 N–H and O–H groups in total. The van der Waals surface area contributed by atoms with Crippen molar-refractivity contribution >= 4 is 5.82 Å². The largest absolute Gasteiger partial charge is 0.358 e. The van der Waals surface area contributed by atoms with E-state index in [1.165, 1.54) is 44.6 Å². The Labute approximate surface area is 98.2 Å². The lowest BCUT2D eigenvalue weighted by atomic mass is 9.92. The molecule has 2 heterocycles. The first-order valence-corrected chi connectivity index (χ1v) is 6.43. The van der Waals surface area contributed by atoms with Crippen molar-refractivity contribution in [1.82, 2.24) is 10.3 Å². The summed E-state index contributed by atoms with van der Waals surface area (Å²) in [6, 6.07) is 4.25. The van der Waals surface area contributed by atoms with Gasteiger partial charge in [0.25, 0.3) is 0 Å². The fourth-order valence-electron chi connectivity index (χ4n) is 2.55. The maximum atomic E-state index is 3.29. The Balaban J connectivity index is 1.70. The number of nitrogens with zero attached hydrogens (tertiary/aromatic N) is 1. The fourth-order valence-corrected chi connectivity index (χ4v) is 2.55. The molecule has 0 unspecified atom stereocenters. The molecule has 0 bridgehead atoms. The van der Waals surface area contributed by atoms with Crippen molar-refractivity contribution in [3.63, 3.8) is 0 Å². The van der Waals surface area contributed by atoms with Gasteiger partial charge < -0.3 is 15.2 Å². The highest BCUT2D eigenvalue weighted by Crippen LogP contribution is 2.24. The Kier molecular flexibility index (Phi) is 4.28. The van der Waals surface area contributed by atoms with E-state index >= 15 is 0 Å². The summed E-state index contributed by atoms with van der Waals surface area (Å²) in [5, 5.41) is 3.22. The number of anilines is 1. The van der Waals surface area contributed by atoms with Crippen LogP contribution in [0.3, 0.4) is 0 Å². The van der Waals surface area contributed by atoms with Crippen molar-refractivity contribution < 1.29 is 0 Å². The van der Waals surface area contributed by atoms with Crippen LogP contribution in [0.5, 0.6) is 0 Å². The first kappa shape index (κ1) is 11.5. The Morgan fingerprint density at radius 3 is 2.88 bits per heavy atom. The summed E-state index contributed by atoms with van der Waals surface area (Å²) in [5.74, 6) is 2.23. The molecule has 1 aliphatic rings. The van der Waals surface area contributed by atoms with E-state index in [1.54, 1.807) is 0 Å². The molecule has 1 fully saturated rings. The summed E-state index contributed by atoms with van der Waals surface area (Å²) in [4.78, 5) is 5.76. The number of piperidine rings is 1. The smallest absolute Gasteiger partial charge is 0.105 e. The van der Waals surface area contributed by atoms with Crippen LogP contribution in [0.15, 0.2) is 18.3 Å². The second kappa shape index (κ2) is 5.94. The summed E-state index contributed by atoms with van der Waals surface area (Å²) in [5.41, 5.74) is 0. The van der Waals surface area contributed by atoms with E-state index in [1.807, 2.05) is 13.2 Å². The van der Waals surface area contributed by atoms with Crippen LogP contribution in [0.1, 0.15) is 25.7 Å². The summed E-state index contributed by atoms with van der Waals surface area (Å²) in [7, 11) is 2.04. The van der Waals surface area contributed by atoms with E-state index in [4.69, 9.17) is 0 Å². The zero-order chi connectivity index (χ0) is 11.2. The lowest BCUT2D eigenvalue weighted by Crippen LogP contribution is -2.34. The first-order valence-electron chi connectivity index (χ1n) is 6.43. The van der Waals surface area contributed by atoms with Crippen molar-refractivity contribution in [3.8, 4) is 0 Å². The molecule has 0 spiro atoms. The van der Waals surface area contributed by atoms with Gasteiger partial charge in [0, 0.05) is 19.3 Å². The van der Waals surface area contributed by atoms with Gasteiger partial charge in [-0.1, -0.05) is 0 Å². The van der Waals surface area contributed by atoms with Crippen LogP contribution >= 0.6 is 0 Å². The molecule has 3 heteroatoms. The van der Waals surface area contributed by atoms with Crippen LogP contribution in [-0.2, 0) is 0 Å². The molecule has 0 saturated carbocycles. The van der Waals surface area contributed by atoms with Gasteiger partial charge in [0.05, 0.1) is 0 Å². The first-order chi connectivity index (χ1) is 7.90. The Hall–Kier alpha value is -0.960. The highest BCUT2D eigenvalue weighted by Gasteiger charge is 2.19. The number of hydrogen-bond acceptors (Lipinski definition) is 2. The summed E-state index contributed by atoms with van der Waals surface area (Å²) in [6.45, 7) is 3.59. The monoisotopic (exact) mass is 221 g/mol. The van der Waals surface area contributed by atoms with Crippen LogP contribution in [0, 0.1) is 5.92 Å².